The normalized spacial score (nSPS) is 12.3. The van der Waals surface area contributed by atoms with Crippen LogP contribution < -0.4 is 10.2 Å². The highest BCUT2D eigenvalue weighted by Crippen LogP contribution is 2.29. The second-order valence-corrected chi connectivity index (χ2v) is 5.30. The number of rotatable bonds is 4. The van der Waals surface area contributed by atoms with Gasteiger partial charge in [-0.1, -0.05) is 18.2 Å². The SMILES string of the molecule is CNC(c1ccc(N(C)C)cc1)c1c(F)ccc(C)c1F. The molecule has 1 unspecified atom stereocenters. The number of hydrogen-bond acceptors (Lipinski definition) is 2. The molecule has 0 saturated carbocycles. The molecular weight excluding hydrogens is 270 g/mol. The van der Waals surface area contributed by atoms with Crippen LogP contribution >= 0.6 is 0 Å². The fraction of sp³-hybridized carbons (Fsp3) is 0.294. The molecule has 0 amide bonds. The predicted molar refractivity (Wildman–Crippen MR) is 82.8 cm³/mol. The zero-order valence-electron chi connectivity index (χ0n) is 12.7. The minimum absolute atomic E-state index is 0.0649. The molecule has 0 saturated heterocycles. The Labute approximate surface area is 124 Å². The molecule has 2 nitrogen and oxygen atoms in total. The van der Waals surface area contributed by atoms with Crippen molar-refractivity contribution in [1.29, 1.82) is 0 Å². The Bertz CT molecular complexity index is 621. The summed E-state index contributed by atoms with van der Waals surface area (Å²) in [6.07, 6.45) is 0. The first-order valence-corrected chi connectivity index (χ1v) is 6.84. The first kappa shape index (κ1) is 15.4. The van der Waals surface area contributed by atoms with E-state index >= 15 is 0 Å². The fourth-order valence-corrected chi connectivity index (χ4v) is 2.39. The van der Waals surface area contributed by atoms with Gasteiger partial charge in [0.05, 0.1) is 6.04 Å². The van der Waals surface area contributed by atoms with Crippen molar-refractivity contribution in [3.8, 4) is 0 Å². The van der Waals surface area contributed by atoms with Gasteiger partial charge >= 0.3 is 0 Å². The third-order valence-electron chi connectivity index (χ3n) is 3.64. The molecule has 2 rings (SSSR count). The summed E-state index contributed by atoms with van der Waals surface area (Å²) in [6, 6.07) is 9.90. The summed E-state index contributed by atoms with van der Waals surface area (Å²) in [5.41, 5.74) is 2.37. The van der Waals surface area contributed by atoms with Gasteiger partial charge in [-0.25, -0.2) is 8.78 Å². The topological polar surface area (TPSA) is 15.3 Å². The minimum Gasteiger partial charge on any atom is -0.378 e. The maximum atomic E-state index is 14.3. The van der Waals surface area contributed by atoms with Crippen LogP contribution in [-0.2, 0) is 0 Å². The van der Waals surface area contributed by atoms with Gasteiger partial charge in [-0.15, -0.1) is 0 Å². The van der Waals surface area contributed by atoms with Gasteiger partial charge in [0.2, 0.25) is 0 Å². The lowest BCUT2D eigenvalue weighted by molar-refractivity contribution is 0.517. The van der Waals surface area contributed by atoms with Gasteiger partial charge in [-0.3, -0.25) is 0 Å². The zero-order valence-corrected chi connectivity index (χ0v) is 12.7. The van der Waals surface area contributed by atoms with Crippen molar-refractivity contribution < 1.29 is 8.78 Å². The summed E-state index contributed by atoms with van der Waals surface area (Å²) in [5, 5.41) is 3.00. The van der Waals surface area contributed by atoms with Gasteiger partial charge in [-0.2, -0.15) is 0 Å². The lowest BCUT2D eigenvalue weighted by Gasteiger charge is -2.21. The van der Waals surface area contributed by atoms with E-state index < -0.39 is 17.7 Å². The van der Waals surface area contributed by atoms with Crippen molar-refractivity contribution in [2.45, 2.75) is 13.0 Å². The molecule has 0 aromatic heterocycles. The summed E-state index contributed by atoms with van der Waals surface area (Å²) < 4.78 is 28.4. The third kappa shape index (κ3) is 3.05. The molecule has 21 heavy (non-hydrogen) atoms. The number of aryl methyl sites for hydroxylation is 1. The Morgan fingerprint density at radius 2 is 1.62 bits per heavy atom. The van der Waals surface area contributed by atoms with E-state index in [1.165, 1.54) is 12.1 Å². The highest BCUT2D eigenvalue weighted by molar-refractivity contribution is 5.48. The molecular formula is C17H20F2N2. The number of benzene rings is 2. The van der Waals surface area contributed by atoms with E-state index in [9.17, 15) is 8.78 Å². The molecule has 112 valence electrons. The van der Waals surface area contributed by atoms with Crippen LogP contribution in [-0.4, -0.2) is 21.1 Å². The largest absolute Gasteiger partial charge is 0.378 e. The van der Waals surface area contributed by atoms with Gasteiger partial charge in [0.15, 0.2) is 0 Å². The van der Waals surface area contributed by atoms with Gasteiger partial charge in [0, 0.05) is 25.3 Å². The minimum atomic E-state index is -0.533. The van der Waals surface area contributed by atoms with E-state index in [0.717, 1.165) is 11.3 Å². The number of anilines is 1. The average Bonchev–Trinajstić information content (AvgIpc) is 2.48. The second kappa shape index (κ2) is 6.22. The molecule has 1 N–H and O–H groups in total. The molecule has 0 fully saturated rings. The van der Waals surface area contributed by atoms with Crippen molar-refractivity contribution in [2.75, 3.05) is 26.0 Å². The Morgan fingerprint density at radius 3 is 2.14 bits per heavy atom. The quantitative estimate of drug-likeness (QED) is 0.924. The Balaban J connectivity index is 2.47. The number of nitrogens with zero attached hydrogens (tertiary/aromatic N) is 1. The smallest absolute Gasteiger partial charge is 0.134 e. The maximum Gasteiger partial charge on any atom is 0.134 e. The molecule has 0 aliphatic rings. The standard InChI is InChI=1S/C17H20F2N2/c1-11-5-10-14(18)15(16(11)19)17(20-2)12-6-8-13(9-7-12)21(3)4/h5-10,17,20H,1-4H3. The van der Waals surface area contributed by atoms with Crippen LogP contribution in [0.3, 0.4) is 0 Å². The molecule has 0 spiro atoms. The Hall–Kier alpha value is -1.94. The predicted octanol–water partition coefficient (Wildman–Crippen LogP) is 3.65. The number of hydrogen-bond donors (Lipinski definition) is 1. The highest BCUT2D eigenvalue weighted by atomic mass is 19.1. The van der Waals surface area contributed by atoms with Crippen LogP contribution in [0.15, 0.2) is 36.4 Å². The van der Waals surface area contributed by atoms with Crippen LogP contribution in [0.4, 0.5) is 14.5 Å². The third-order valence-corrected chi connectivity index (χ3v) is 3.64. The van der Waals surface area contributed by atoms with Crippen molar-refractivity contribution in [3.05, 3.63) is 64.7 Å². The molecule has 0 heterocycles. The van der Waals surface area contributed by atoms with Crippen molar-refractivity contribution in [1.82, 2.24) is 5.32 Å². The van der Waals surface area contributed by atoms with Crippen LogP contribution in [0.2, 0.25) is 0 Å². The van der Waals surface area contributed by atoms with Crippen molar-refractivity contribution >= 4 is 5.69 Å². The monoisotopic (exact) mass is 290 g/mol. The molecule has 2 aromatic carbocycles. The van der Waals surface area contributed by atoms with Crippen LogP contribution in [0.1, 0.15) is 22.7 Å². The van der Waals surface area contributed by atoms with E-state index in [1.54, 1.807) is 14.0 Å². The highest BCUT2D eigenvalue weighted by Gasteiger charge is 2.21. The number of halogens is 2. The summed E-state index contributed by atoms with van der Waals surface area (Å²) in [5.74, 6) is -1.03. The summed E-state index contributed by atoms with van der Waals surface area (Å²) in [4.78, 5) is 1.98. The molecule has 0 bridgehead atoms. The fourth-order valence-electron chi connectivity index (χ4n) is 2.39. The molecule has 4 heteroatoms. The van der Waals surface area contributed by atoms with Gasteiger partial charge < -0.3 is 10.2 Å². The van der Waals surface area contributed by atoms with Crippen LogP contribution in [0, 0.1) is 18.6 Å². The first-order chi connectivity index (χ1) is 9.95. The van der Waals surface area contributed by atoms with E-state index in [-0.39, 0.29) is 5.56 Å². The maximum absolute atomic E-state index is 14.3. The van der Waals surface area contributed by atoms with Crippen molar-refractivity contribution in [2.24, 2.45) is 0 Å². The van der Waals surface area contributed by atoms with Gasteiger partial charge in [-0.05, 0) is 43.3 Å². The average molecular weight is 290 g/mol. The molecule has 0 radical (unpaired) electrons. The van der Waals surface area contributed by atoms with E-state index in [2.05, 4.69) is 5.32 Å². The van der Waals surface area contributed by atoms with Crippen LogP contribution in [0.5, 0.6) is 0 Å². The molecule has 1 atom stereocenters. The lowest BCUT2D eigenvalue weighted by Crippen LogP contribution is -2.21. The zero-order chi connectivity index (χ0) is 15.6. The van der Waals surface area contributed by atoms with Gasteiger partial charge in [0.1, 0.15) is 11.6 Å². The van der Waals surface area contributed by atoms with E-state index in [4.69, 9.17) is 0 Å². The van der Waals surface area contributed by atoms with Crippen molar-refractivity contribution in [3.63, 3.8) is 0 Å². The Kier molecular flexibility index (Phi) is 4.58. The van der Waals surface area contributed by atoms with E-state index in [1.807, 2.05) is 43.3 Å². The number of nitrogens with one attached hydrogen (secondary N) is 1. The van der Waals surface area contributed by atoms with Gasteiger partial charge in [0.25, 0.3) is 0 Å². The molecule has 2 aromatic rings. The summed E-state index contributed by atoms with van der Waals surface area (Å²) in [6.45, 7) is 1.64. The first-order valence-electron chi connectivity index (χ1n) is 6.84. The summed E-state index contributed by atoms with van der Waals surface area (Å²) >= 11 is 0. The second-order valence-electron chi connectivity index (χ2n) is 5.30. The summed E-state index contributed by atoms with van der Waals surface area (Å²) in [7, 11) is 5.60. The van der Waals surface area contributed by atoms with E-state index in [0.29, 0.717) is 5.56 Å². The Morgan fingerprint density at radius 1 is 1.00 bits per heavy atom. The van der Waals surface area contributed by atoms with Crippen LogP contribution in [0.25, 0.3) is 0 Å². The molecule has 0 aliphatic heterocycles. The molecule has 0 aliphatic carbocycles. The lowest BCUT2D eigenvalue weighted by atomic mass is 9.96.